The lowest BCUT2D eigenvalue weighted by Gasteiger charge is -2.31. The molecule has 4 nitrogen and oxygen atoms in total. The van der Waals surface area contributed by atoms with Gasteiger partial charge in [-0.3, -0.25) is 10.00 Å². The highest BCUT2D eigenvalue weighted by molar-refractivity contribution is 5.19. The van der Waals surface area contributed by atoms with Gasteiger partial charge in [-0.25, -0.2) is 0 Å². The first-order chi connectivity index (χ1) is 10.3. The summed E-state index contributed by atoms with van der Waals surface area (Å²) in [6, 6.07) is 13.4. The van der Waals surface area contributed by atoms with E-state index in [1.54, 1.807) is 6.20 Å². The van der Waals surface area contributed by atoms with Crippen molar-refractivity contribution < 1.29 is 0 Å². The average molecular weight is 286 g/mol. The number of aromatic amines is 1. The molecule has 2 aromatic rings. The third-order valence-electron chi connectivity index (χ3n) is 4.04. The van der Waals surface area contributed by atoms with E-state index in [1.165, 1.54) is 5.56 Å². The molecule has 0 aliphatic rings. The van der Waals surface area contributed by atoms with Gasteiger partial charge in [0.05, 0.1) is 5.69 Å². The standard InChI is InChI=1S/C17H26N4/c1-4-21(5-2)17(15-9-7-6-8-10-15)13-18-14(3)16-11-12-19-20-16/h6-12,14,17-18H,4-5,13H2,1-3H3,(H,19,20). The topological polar surface area (TPSA) is 44.0 Å². The molecule has 0 bridgehead atoms. The molecule has 21 heavy (non-hydrogen) atoms. The number of rotatable bonds is 8. The van der Waals surface area contributed by atoms with E-state index < -0.39 is 0 Å². The van der Waals surface area contributed by atoms with E-state index in [0.717, 1.165) is 25.3 Å². The first kappa shape index (κ1) is 15.7. The van der Waals surface area contributed by atoms with Crippen molar-refractivity contribution in [2.45, 2.75) is 32.9 Å². The van der Waals surface area contributed by atoms with E-state index in [9.17, 15) is 0 Å². The molecule has 1 heterocycles. The SMILES string of the molecule is CCN(CC)C(CNC(C)c1ccn[nH]1)c1ccccc1. The molecule has 2 atom stereocenters. The van der Waals surface area contributed by atoms with Crippen molar-refractivity contribution in [1.29, 1.82) is 0 Å². The minimum absolute atomic E-state index is 0.272. The predicted molar refractivity (Wildman–Crippen MR) is 87.1 cm³/mol. The smallest absolute Gasteiger partial charge is 0.0518 e. The van der Waals surface area contributed by atoms with Gasteiger partial charge in [0.1, 0.15) is 0 Å². The molecule has 0 saturated heterocycles. The Morgan fingerprint density at radius 3 is 2.43 bits per heavy atom. The summed E-state index contributed by atoms with van der Waals surface area (Å²) in [7, 11) is 0. The van der Waals surface area contributed by atoms with E-state index in [4.69, 9.17) is 0 Å². The monoisotopic (exact) mass is 286 g/mol. The second kappa shape index (κ2) is 7.96. The highest BCUT2D eigenvalue weighted by atomic mass is 15.2. The summed E-state index contributed by atoms with van der Waals surface area (Å²) in [5.74, 6) is 0. The van der Waals surface area contributed by atoms with Crippen LogP contribution in [0.3, 0.4) is 0 Å². The number of aromatic nitrogens is 2. The van der Waals surface area contributed by atoms with Crippen LogP contribution >= 0.6 is 0 Å². The minimum Gasteiger partial charge on any atom is -0.307 e. The Labute approximate surface area is 127 Å². The van der Waals surface area contributed by atoms with Crippen molar-refractivity contribution >= 4 is 0 Å². The normalized spacial score (nSPS) is 14.3. The molecule has 1 aromatic carbocycles. The molecule has 0 aliphatic heterocycles. The Morgan fingerprint density at radius 1 is 1.14 bits per heavy atom. The summed E-state index contributed by atoms with van der Waals surface area (Å²) in [5.41, 5.74) is 2.49. The van der Waals surface area contributed by atoms with Gasteiger partial charge in [-0.05, 0) is 31.6 Å². The lowest BCUT2D eigenvalue weighted by Crippen LogP contribution is -2.36. The summed E-state index contributed by atoms with van der Waals surface area (Å²) in [6.45, 7) is 9.63. The third-order valence-corrected chi connectivity index (χ3v) is 4.04. The summed E-state index contributed by atoms with van der Waals surface area (Å²) >= 11 is 0. The molecule has 2 rings (SSSR count). The summed E-state index contributed by atoms with van der Waals surface area (Å²) < 4.78 is 0. The van der Waals surface area contributed by atoms with Gasteiger partial charge in [0.2, 0.25) is 0 Å². The maximum atomic E-state index is 4.02. The van der Waals surface area contributed by atoms with Crippen molar-refractivity contribution in [3.8, 4) is 0 Å². The number of nitrogens with one attached hydrogen (secondary N) is 2. The van der Waals surface area contributed by atoms with Gasteiger partial charge in [0.15, 0.2) is 0 Å². The van der Waals surface area contributed by atoms with E-state index in [0.29, 0.717) is 6.04 Å². The fourth-order valence-electron chi connectivity index (χ4n) is 2.70. The highest BCUT2D eigenvalue weighted by Gasteiger charge is 2.18. The Hall–Kier alpha value is -1.65. The minimum atomic E-state index is 0.272. The second-order valence-corrected chi connectivity index (χ2v) is 5.29. The van der Waals surface area contributed by atoms with Crippen LogP contribution in [0, 0.1) is 0 Å². The molecule has 4 heteroatoms. The molecule has 114 valence electrons. The zero-order chi connectivity index (χ0) is 15.1. The van der Waals surface area contributed by atoms with Crippen molar-refractivity contribution in [2.75, 3.05) is 19.6 Å². The first-order valence-corrected chi connectivity index (χ1v) is 7.77. The largest absolute Gasteiger partial charge is 0.307 e. The number of H-pyrrole nitrogens is 1. The van der Waals surface area contributed by atoms with Crippen LogP contribution in [-0.4, -0.2) is 34.7 Å². The quantitative estimate of drug-likeness (QED) is 0.783. The lowest BCUT2D eigenvalue weighted by atomic mass is 10.0. The van der Waals surface area contributed by atoms with Gasteiger partial charge in [-0.15, -0.1) is 0 Å². The van der Waals surface area contributed by atoms with Gasteiger partial charge in [0.25, 0.3) is 0 Å². The maximum Gasteiger partial charge on any atom is 0.0518 e. The van der Waals surface area contributed by atoms with Crippen LogP contribution in [0.2, 0.25) is 0 Å². The molecular weight excluding hydrogens is 260 g/mol. The first-order valence-electron chi connectivity index (χ1n) is 7.77. The fourth-order valence-corrected chi connectivity index (χ4v) is 2.70. The van der Waals surface area contributed by atoms with Crippen molar-refractivity contribution in [1.82, 2.24) is 20.4 Å². The number of hydrogen-bond donors (Lipinski definition) is 2. The van der Waals surface area contributed by atoms with Crippen LogP contribution in [0.25, 0.3) is 0 Å². The number of hydrogen-bond acceptors (Lipinski definition) is 3. The highest BCUT2D eigenvalue weighted by Crippen LogP contribution is 2.20. The lowest BCUT2D eigenvalue weighted by molar-refractivity contribution is 0.209. The van der Waals surface area contributed by atoms with Crippen molar-refractivity contribution in [2.24, 2.45) is 0 Å². The fraction of sp³-hybridized carbons (Fsp3) is 0.471. The molecular formula is C17H26N4. The van der Waals surface area contributed by atoms with Crippen LogP contribution in [0.5, 0.6) is 0 Å². The molecule has 2 N–H and O–H groups in total. The van der Waals surface area contributed by atoms with Crippen molar-refractivity contribution in [3.63, 3.8) is 0 Å². The van der Waals surface area contributed by atoms with E-state index in [2.05, 4.69) is 71.5 Å². The molecule has 0 spiro atoms. The molecule has 0 aliphatic carbocycles. The van der Waals surface area contributed by atoms with Crippen LogP contribution in [0.4, 0.5) is 0 Å². The Kier molecular flexibility index (Phi) is 5.96. The van der Waals surface area contributed by atoms with Crippen LogP contribution in [-0.2, 0) is 0 Å². The third kappa shape index (κ3) is 4.16. The van der Waals surface area contributed by atoms with Gasteiger partial charge in [0, 0.05) is 24.8 Å². The van der Waals surface area contributed by atoms with Crippen LogP contribution < -0.4 is 5.32 Å². The molecule has 0 amide bonds. The molecule has 0 fully saturated rings. The molecule has 0 saturated carbocycles. The molecule has 2 unspecified atom stereocenters. The number of nitrogens with zero attached hydrogens (tertiary/aromatic N) is 2. The number of likely N-dealkylation sites (N-methyl/N-ethyl adjacent to an activating group) is 1. The van der Waals surface area contributed by atoms with Gasteiger partial charge in [-0.2, -0.15) is 5.10 Å². The Bertz CT molecular complexity index is 491. The Balaban J connectivity index is 2.06. The van der Waals surface area contributed by atoms with Crippen LogP contribution in [0.15, 0.2) is 42.6 Å². The van der Waals surface area contributed by atoms with E-state index in [1.807, 2.05) is 6.07 Å². The number of benzene rings is 1. The summed E-state index contributed by atoms with van der Waals surface area (Å²) in [4.78, 5) is 2.49. The second-order valence-electron chi connectivity index (χ2n) is 5.29. The Morgan fingerprint density at radius 2 is 1.86 bits per heavy atom. The van der Waals surface area contributed by atoms with Gasteiger partial charge < -0.3 is 5.32 Å². The van der Waals surface area contributed by atoms with E-state index >= 15 is 0 Å². The zero-order valence-corrected chi connectivity index (χ0v) is 13.2. The zero-order valence-electron chi connectivity index (χ0n) is 13.2. The van der Waals surface area contributed by atoms with Crippen LogP contribution in [0.1, 0.15) is 44.1 Å². The maximum absolute atomic E-state index is 4.02. The predicted octanol–water partition coefficient (Wildman–Crippen LogP) is 3.14. The van der Waals surface area contributed by atoms with Crippen molar-refractivity contribution in [3.05, 3.63) is 53.9 Å². The average Bonchev–Trinajstić information content (AvgIpc) is 3.06. The van der Waals surface area contributed by atoms with Gasteiger partial charge in [-0.1, -0.05) is 44.2 Å². The molecule has 1 aromatic heterocycles. The summed E-state index contributed by atoms with van der Waals surface area (Å²) in [6.07, 6.45) is 1.80. The van der Waals surface area contributed by atoms with E-state index in [-0.39, 0.29) is 6.04 Å². The molecule has 0 radical (unpaired) electrons. The van der Waals surface area contributed by atoms with Gasteiger partial charge >= 0.3 is 0 Å². The summed E-state index contributed by atoms with van der Waals surface area (Å²) in [5, 5.41) is 10.7.